The van der Waals surface area contributed by atoms with Crippen LogP contribution in [0.25, 0.3) is 16.9 Å². The minimum absolute atomic E-state index is 0.0224. The molecule has 1 N–H and O–H groups in total. The van der Waals surface area contributed by atoms with Crippen LogP contribution < -0.4 is 0 Å². The number of hydrogen-bond acceptors (Lipinski definition) is 3. The number of halogens is 2. The van der Waals surface area contributed by atoms with Crippen LogP contribution in [0.15, 0.2) is 48.5 Å². The van der Waals surface area contributed by atoms with E-state index < -0.39 is 23.3 Å². The molecule has 0 aliphatic carbocycles. The Hall–Kier alpha value is -3.09. The van der Waals surface area contributed by atoms with E-state index in [1.165, 1.54) is 36.4 Å². The molecule has 0 spiro atoms. The van der Waals surface area contributed by atoms with Crippen molar-refractivity contribution in [3.05, 3.63) is 65.9 Å². The van der Waals surface area contributed by atoms with Gasteiger partial charge in [-0.3, -0.25) is 0 Å². The van der Waals surface area contributed by atoms with Gasteiger partial charge in [-0.15, -0.1) is 5.10 Å². The molecule has 0 fully saturated rings. The van der Waals surface area contributed by atoms with Gasteiger partial charge in [0.05, 0.1) is 5.69 Å². The Bertz CT molecular complexity index is 861. The quantitative estimate of drug-likeness (QED) is 0.807. The van der Waals surface area contributed by atoms with Crippen LogP contribution in [0.5, 0.6) is 0 Å². The second-order valence-corrected chi connectivity index (χ2v) is 4.46. The van der Waals surface area contributed by atoms with E-state index in [1.54, 1.807) is 6.07 Å². The summed E-state index contributed by atoms with van der Waals surface area (Å²) in [6.07, 6.45) is 0. The molecule has 3 rings (SSSR count). The van der Waals surface area contributed by atoms with Crippen molar-refractivity contribution in [2.45, 2.75) is 0 Å². The normalized spacial score (nSPS) is 10.6. The third kappa shape index (κ3) is 2.32. The summed E-state index contributed by atoms with van der Waals surface area (Å²) < 4.78 is 28.5. The Kier molecular flexibility index (Phi) is 3.38. The van der Waals surface area contributed by atoms with E-state index in [1.807, 2.05) is 0 Å². The Balaban J connectivity index is 2.29. The highest BCUT2D eigenvalue weighted by molar-refractivity contribution is 5.93. The number of carboxylic acids is 1. The van der Waals surface area contributed by atoms with Gasteiger partial charge in [0.2, 0.25) is 0 Å². The summed E-state index contributed by atoms with van der Waals surface area (Å²) in [6, 6.07) is 11.0. The molecule has 0 saturated heterocycles. The second-order valence-electron chi connectivity index (χ2n) is 4.46. The van der Waals surface area contributed by atoms with E-state index in [0.717, 1.165) is 10.7 Å². The van der Waals surface area contributed by atoms with Gasteiger partial charge in [0.25, 0.3) is 0 Å². The van der Waals surface area contributed by atoms with E-state index in [0.29, 0.717) is 0 Å². The molecule has 0 atom stereocenters. The highest BCUT2D eigenvalue weighted by atomic mass is 19.1. The SMILES string of the molecule is O=C(O)c1nnn(-c2cccc(F)c2)c1-c1ccccc1F. The van der Waals surface area contributed by atoms with Gasteiger partial charge in [-0.05, 0) is 30.3 Å². The maximum absolute atomic E-state index is 14.0. The summed E-state index contributed by atoms with van der Waals surface area (Å²) in [5.74, 6) is -2.49. The molecule has 0 bridgehead atoms. The van der Waals surface area contributed by atoms with Crippen molar-refractivity contribution in [1.29, 1.82) is 0 Å². The summed E-state index contributed by atoms with van der Waals surface area (Å²) in [6.45, 7) is 0. The van der Waals surface area contributed by atoms with Gasteiger partial charge in [0.1, 0.15) is 17.3 Å². The van der Waals surface area contributed by atoms with Crippen molar-refractivity contribution < 1.29 is 18.7 Å². The lowest BCUT2D eigenvalue weighted by molar-refractivity contribution is 0.0691. The van der Waals surface area contributed by atoms with Crippen LogP contribution in [0.2, 0.25) is 0 Å². The molecule has 0 unspecified atom stereocenters. The number of benzene rings is 2. The Morgan fingerprint density at radius 2 is 1.86 bits per heavy atom. The summed E-state index contributed by atoms with van der Waals surface area (Å²) in [4.78, 5) is 11.3. The highest BCUT2D eigenvalue weighted by Gasteiger charge is 2.23. The van der Waals surface area contributed by atoms with Gasteiger partial charge in [0, 0.05) is 5.56 Å². The van der Waals surface area contributed by atoms with E-state index >= 15 is 0 Å². The van der Waals surface area contributed by atoms with Gasteiger partial charge >= 0.3 is 5.97 Å². The first kappa shape index (κ1) is 13.9. The molecule has 1 aromatic heterocycles. The van der Waals surface area contributed by atoms with Crippen LogP contribution in [0.4, 0.5) is 8.78 Å². The fourth-order valence-electron chi connectivity index (χ4n) is 2.11. The molecule has 0 aliphatic heterocycles. The number of aromatic nitrogens is 3. The van der Waals surface area contributed by atoms with Gasteiger partial charge in [-0.2, -0.15) is 0 Å². The second kappa shape index (κ2) is 5.36. The number of rotatable bonds is 3. The molecule has 110 valence electrons. The Labute approximate surface area is 123 Å². The van der Waals surface area contributed by atoms with E-state index in [-0.39, 0.29) is 16.9 Å². The molecular formula is C15H9F2N3O2. The maximum atomic E-state index is 14.0. The maximum Gasteiger partial charge on any atom is 0.358 e. The van der Waals surface area contributed by atoms with Crippen LogP contribution >= 0.6 is 0 Å². The molecule has 3 aromatic rings. The topological polar surface area (TPSA) is 68.0 Å². The number of carbonyl (C=O) groups is 1. The molecular weight excluding hydrogens is 292 g/mol. The van der Waals surface area contributed by atoms with Crippen LogP contribution in [-0.2, 0) is 0 Å². The molecule has 0 amide bonds. The van der Waals surface area contributed by atoms with Crippen molar-refractivity contribution >= 4 is 5.97 Å². The number of hydrogen-bond donors (Lipinski definition) is 1. The lowest BCUT2D eigenvalue weighted by Crippen LogP contribution is -2.04. The lowest BCUT2D eigenvalue weighted by Gasteiger charge is -2.08. The first-order chi connectivity index (χ1) is 10.6. The highest BCUT2D eigenvalue weighted by Crippen LogP contribution is 2.27. The summed E-state index contributed by atoms with van der Waals surface area (Å²) in [5.41, 5.74) is -0.182. The zero-order valence-corrected chi connectivity index (χ0v) is 11.1. The van der Waals surface area contributed by atoms with Crippen molar-refractivity contribution in [2.75, 3.05) is 0 Å². The molecule has 0 saturated carbocycles. The molecule has 0 aliphatic rings. The minimum Gasteiger partial charge on any atom is -0.476 e. The monoisotopic (exact) mass is 301 g/mol. The smallest absolute Gasteiger partial charge is 0.358 e. The van der Waals surface area contributed by atoms with Gasteiger partial charge in [0.15, 0.2) is 5.69 Å². The Morgan fingerprint density at radius 1 is 1.09 bits per heavy atom. The lowest BCUT2D eigenvalue weighted by atomic mass is 10.1. The molecule has 0 radical (unpaired) electrons. The summed E-state index contributed by atoms with van der Waals surface area (Å²) in [7, 11) is 0. The molecule has 5 nitrogen and oxygen atoms in total. The van der Waals surface area contributed by atoms with Crippen molar-refractivity contribution in [2.24, 2.45) is 0 Å². The van der Waals surface area contributed by atoms with E-state index in [9.17, 15) is 18.7 Å². The average Bonchev–Trinajstić information content (AvgIpc) is 2.92. The average molecular weight is 301 g/mol. The minimum atomic E-state index is -1.35. The molecule has 7 heteroatoms. The predicted molar refractivity (Wildman–Crippen MR) is 73.7 cm³/mol. The third-order valence-electron chi connectivity index (χ3n) is 3.05. The zero-order valence-electron chi connectivity index (χ0n) is 11.1. The first-order valence-electron chi connectivity index (χ1n) is 6.28. The summed E-state index contributed by atoms with van der Waals surface area (Å²) in [5, 5.41) is 16.5. The van der Waals surface area contributed by atoms with Gasteiger partial charge in [-0.25, -0.2) is 18.3 Å². The fraction of sp³-hybridized carbons (Fsp3) is 0. The largest absolute Gasteiger partial charge is 0.476 e. The predicted octanol–water partition coefficient (Wildman–Crippen LogP) is 2.91. The van der Waals surface area contributed by atoms with Crippen LogP contribution in [0.1, 0.15) is 10.5 Å². The molecule has 22 heavy (non-hydrogen) atoms. The van der Waals surface area contributed by atoms with E-state index in [2.05, 4.69) is 10.3 Å². The Morgan fingerprint density at radius 3 is 2.55 bits per heavy atom. The zero-order chi connectivity index (χ0) is 15.7. The number of nitrogens with zero attached hydrogens (tertiary/aromatic N) is 3. The first-order valence-corrected chi connectivity index (χ1v) is 6.28. The molecule has 1 heterocycles. The van der Waals surface area contributed by atoms with Gasteiger partial charge in [-0.1, -0.05) is 23.4 Å². The van der Waals surface area contributed by atoms with Crippen LogP contribution in [0.3, 0.4) is 0 Å². The van der Waals surface area contributed by atoms with Crippen molar-refractivity contribution in [3.8, 4) is 16.9 Å². The standard InChI is InChI=1S/C15H9F2N3O2/c16-9-4-3-5-10(8-9)20-14(13(15(21)22)18-19-20)11-6-1-2-7-12(11)17/h1-8H,(H,21,22). The third-order valence-corrected chi connectivity index (χ3v) is 3.05. The van der Waals surface area contributed by atoms with Crippen molar-refractivity contribution in [3.63, 3.8) is 0 Å². The fourth-order valence-corrected chi connectivity index (χ4v) is 2.11. The number of aromatic carboxylic acids is 1. The number of carboxylic acid groups (broad SMARTS) is 1. The summed E-state index contributed by atoms with van der Waals surface area (Å²) >= 11 is 0. The van der Waals surface area contributed by atoms with Crippen LogP contribution in [-0.4, -0.2) is 26.1 Å². The van der Waals surface area contributed by atoms with Gasteiger partial charge < -0.3 is 5.11 Å². The molecule has 2 aromatic carbocycles. The van der Waals surface area contributed by atoms with E-state index in [4.69, 9.17) is 0 Å². The van der Waals surface area contributed by atoms with Crippen molar-refractivity contribution in [1.82, 2.24) is 15.0 Å². The van der Waals surface area contributed by atoms with Crippen LogP contribution in [0, 0.1) is 11.6 Å².